The van der Waals surface area contributed by atoms with Gasteiger partial charge in [-0.1, -0.05) is 13.3 Å². The minimum absolute atomic E-state index is 0.0182. The predicted molar refractivity (Wildman–Crippen MR) is 65.8 cm³/mol. The molecule has 5 nitrogen and oxygen atoms in total. The number of aliphatic hydroxyl groups excluding tert-OH is 1. The van der Waals surface area contributed by atoms with Crippen molar-refractivity contribution in [1.82, 2.24) is 10.2 Å². The third-order valence-electron chi connectivity index (χ3n) is 2.92. The van der Waals surface area contributed by atoms with Crippen molar-refractivity contribution in [3.8, 4) is 0 Å². The van der Waals surface area contributed by atoms with Gasteiger partial charge in [0, 0.05) is 19.1 Å². The number of hydrogen-bond donors (Lipinski definition) is 2. The average molecular weight is 244 g/mol. The standard InChI is InChI=1S/C12H24N2O3/c1-3-4-10(2)13-12(16)8-14-5-6-17-11(7-14)9-15/h10-11,15H,3-9H2,1-2H3,(H,13,16). The largest absolute Gasteiger partial charge is 0.394 e. The average Bonchev–Trinajstić information content (AvgIpc) is 2.29. The number of carbonyl (C=O) groups is 1. The summed E-state index contributed by atoms with van der Waals surface area (Å²) >= 11 is 0. The van der Waals surface area contributed by atoms with E-state index >= 15 is 0 Å². The number of rotatable bonds is 6. The first-order valence-electron chi connectivity index (χ1n) is 6.39. The zero-order valence-electron chi connectivity index (χ0n) is 10.8. The zero-order valence-corrected chi connectivity index (χ0v) is 10.8. The molecule has 1 rings (SSSR count). The quantitative estimate of drug-likeness (QED) is 0.689. The molecule has 2 N–H and O–H groups in total. The van der Waals surface area contributed by atoms with E-state index < -0.39 is 0 Å². The van der Waals surface area contributed by atoms with Gasteiger partial charge in [-0.15, -0.1) is 0 Å². The van der Waals surface area contributed by atoms with Crippen LogP contribution in [0.3, 0.4) is 0 Å². The highest BCUT2D eigenvalue weighted by Crippen LogP contribution is 2.04. The molecular formula is C12H24N2O3. The van der Waals surface area contributed by atoms with Crippen LogP contribution in [0.4, 0.5) is 0 Å². The van der Waals surface area contributed by atoms with Gasteiger partial charge in [-0.25, -0.2) is 0 Å². The fourth-order valence-corrected chi connectivity index (χ4v) is 2.06. The first kappa shape index (κ1) is 14.4. The van der Waals surface area contributed by atoms with E-state index in [1.807, 2.05) is 11.8 Å². The third-order valence-corrected chi connectivity index (χ3v) is 2.92. The monoisotopic (exact) mass is 244 g/mol. The van der Waals surface area contributed by atoms with E-state index in [-0.39, 0.29) is 24.7 Å². The van der Waals surface area contributed by atoms with Crippen LogP contribution in [0.15, 0.2) is 0 Å². The molecule has 0 radical (unpaired) electrons. The van der Waals surface area contributed by atoms with Crippen LogP contribution in [-0.4, -0.2) is 60.9 Å². The third kappa shape index (κ3) is 5.48. The highest BCUT2D eigenvalue weighted by atomic mass is 16.5. The maximum Gasteiger partial charge on any atom is 0.234 e. The highest BCUT2D eigenvalue weighted by Gasteiger charge is 2.21. The van der Waals surface area contributed by atoms with Crippen molar-refractivity contribution in [3.05, 3.63) is 0 Å². The van der Waals surface area contributed by atoms with E-state index in [0.29, 0.717) is 19.7 Å². The fourth-order valence-electron chi connectivity index (χ4n) is 2.06. The molecule has 0 spiro atoms. The van der Waals surface area contributed by atoms with E-state index in [0.717, 1.165) is 19.4 Å². The van der Waals surface area contributed by atoms with E-state index in [1.54, 1.807) is 0 Å². The van der Waals surface area contributed by atoms with Crippen LogP contribution in [0.25, 0.3) is 0 Å². The molecule has 1 amide bonds. The van der Waals surface area contributed by atoms with Gasteiger partial charge >= 0.3 is 0 Å². The van der Waals surface area contributed by atoms with Gasteiger partial charge in [0.2, 0.25) is 5.91 Å². The van der Waals surface area contributed by atoms with Gasteiger partial charge in [0.25, 0.3) is 0 Å². The van der Waals surface area contributed by atoms with Crippen LogP contribution in [0.2, 0.25) is 0 Å². The Hall–Kier alpha value is -0.650. The van der Waals surface area contributed by atoms with Crippen molar-refractivity contribution in [2.45, 2.75) is 38.8 Å². The predicted octanol–water partition coefficient (Wildman–Crippen LogP) is -0.0157. The first-order valence-corrected chi connectivity index (χ1v) is 6.39. The molecule has 0 bridgehead atoms. The van der Waals surface area contributed by atoms with Crippen LogP contribution in [0, 0.1) is 0 Å². The molecule has 2 atom stereocenters. The number of amides is 1. The molecule has 0 aromatic carbocycles. The summed E-state index contributed by atoms with van der Waals surface area (Å²) in [6.07, 6.45) is 1.93. The molecule has 0 aliphatic carbocycles. The van der Waals surface area contributed by atoms with E-state index in [9.17, 15) is 4.79 Å². The Morgan fingerprint density at radius 2 is 2.41 bits per heavy atom. The molecule has 100 valence electrons. The van der Waals surface area contributed by atoms with Crippen LogP contribution < -0.4 is 5.32 Å². The van der Waals surface area contributed by atoms with Gasteiger partial charge < -0.3 is 15.2 Å². The molecule has 1 aliphatic rings. The Bertz CT molecular complexity index is 236. The Morgan fingerprint density at radius 1 is 1.65 bits per heavy atom. The number of carbonyl (C=O) groups excluding carboxylic acids is 1. The number of aliphatic hydroxyl groups is 1. The van der Waals surface area contributed by atoms with Crippen LogP contribution in [-0.2, 0) is 9.53 Å². The Labute approximate surface area is 103 Å². The van der Waals surface area contributed by atoms with Crippen LogP contribution >= 0.6 is 0 Å². The normalized spacial score (nSPS) is 23.4. The summed E-state index contributed by atoms with van der Waals surface area (Å²) in [7, 11) is 0. The maximum absolute atomic E-state index is 11.7. The Morgan fingerprint density at radius 3 is 3.06 bits per heavy atom. The van der Waals surface area contributed by atoms with Crippen molar-refractivity contribution < 1.29 is 14.6 Å². The summed E-state index contributed by atoms with van der Waals surface area (Å²) in [5.74, 6) is 0.0598. The molecule has 0 saturated carbocycles. The molecule has 5 heteroatoms. The molecule has 1 saturated heterocycles. The van der Waals surface area contributed by atoms with Crippen molar-refractivity contribution >= 4 is 5.91 Å². The second-order valence-corrected chi connectivity index (χ2v) is 4.67. The lowest BCUT2D eigenvalue weighted by molar-refractivity contribution is -0.125. The molecule has 0 aromatic rings. The van der Waals surface area contributed by atoms with Crippen LogP contribution in [0.5, 0.6) is 0 Å². The zero-order chi connectivity index (χ0) is 12.7. The van der Waals surface area contributed by atoms with Gasteiger partial charge in [-0.2, -0.15) is 0 Å². The van der Waals surface area contributed by atoms with Gasteiger partial charge in [0.1, 0.15) is 0 Å². The molecule has 1 heterocycles. The van der Waals surface area contributed by atoms with Crippen molar-refractivity contribution in [3.63, 3.8) is 0 Å². The van der Waals surface area contributed by atoms with E-state index in [4.69, 9.17) is 9.84 Å². The second-order valence-electron chi connectivity index (χ2n) is 4.67. The minimum atomic E-state index is -0.149. The molecule has 0 aromatic heterocycles. The van der Waals surface area contributed by atoms with Crippen molar-refractivity contribution in [2.24, 2.45) is 0 Å². The molecule has 1 fully saturated rings. The van der Waals surface area contributed by atoms with Gasteiger partial charge in [0.15, 0.2) is 0 Å². The molecule has 17 heavy (non-hydrogen) atoms. The summed E-state index contributed by atoms with van der Waals surface area (Å²) in [6, 6.07) is 0.238. The van der Waals surface area contributed by atoms with E-state index in [2.05, 4.69) is 12.2 Å². The lowest BCUT2D eigenvalue weighted by Crippen LogP contribution is -2.49. The summed E-state index contributed by atoms with van der Waals surface area (Å²) in [6.45, 7) is 6.52. The van der Waals surface area contributed by atoms with Gasteiger partial charge in [-0.05, 0) is 13.3 Å². The SMILES string of the molecule is CCCC(C)NC(=O)CN1CCOC(CO)C1. The Balaban J connectivity index is 2.25. The van der Waals surface area contributed by atoms with Crippen molar-refractivity contribution in [1.29, 1.82) is 0 Å². The summed E-state index contributed by atoms with van der Waals surface area (Å²) < 4.78 is 5.34. The summed E-state index contributed by atoms with van der Waals surface area (Å²) in [5.41, 5.74) is 0. The maximum atomic E-state index is 11.7. The van der Waals surface area contributed by atoms with Crippen molar-refractivity contribution in [2.75, 3.05) is 32.8 Å². The first-order chi connectivity index (χ1) is 8.15. The minimum Gasteiger partial charge on any atom is -0.394 e. The molecule has 2 unspecified atom stereocenters. The topological polar surface area (TPSA) is 61.8 Å². The van der Waals surface area contributed by atoms with Crippen LogP contribution in [0.1, 0.15) is 26.7 Å². The summed E-state index contributed by atoms with van der Waals surface area (Å²) in [5, 5.41) is 12.0. The lowest BCUT2D eigenvalue weighted by atomic mass is 10.2. The lowest BCUT2D eigenvalue weighted by Gasteiger charge is -2.31. The van der Waals surface area contributed by atoms with Gasteiger partial charge in [0.05, 0.1) is 25.9 Å². The molecule has 1 aliphatic heterocycles. The number of hydrogen-bond acceptors (Lipinski definition) is 4. The fraction of sp³-hybridized carbons (Fsp3) is 0.917. The number of nitrogens with one attached hydrogen (secondary N) is 1. The number of morpholine rings is 1. The highest BCUT2D eigenvalue weighted by molar-refractivity contribution is 5.78. The van der Waals surface area contributed by atoms with E-state index in [1.165, 1.54) is 0 Å². The molecular weight excluding hydrogens is 220 g/mol. The number of ether oxygens (including phenoxy) is 1. The summed E-state index contributed by atoms with van der Waals surface area (Å²) in [4.78, 5) is 13.8. The second kappa shape index (κ2) is 7.63. The smallest absolute Gasteiger partial charge is 0.234 e. The number of nitrogens with zero attached hydrogens (tertiary/aromatic N) is 1. The van der Waals surface area contributed by atoms with Gasteiger partial charge in [-0.3, -0.25) is 9.69 Å². The Kier molecular flexibility index (Phi) is 6.47.